The van der Waals surface area contributed by atoms with E-state index < -0.39 is 0 Å². The molecule has 5 heteroatoms. The maximum atomic E-state index is 12.2. The number of methoxy groups -OCH3 is 1. The van der Waals surface area contributed by atoms with Crippen molar-refractivity contribution in [3.05, 3.63) is 53.3 Å². The highest BCUT2D eigenvalue weighted by Crippen LogP contribution is 2.21. The van der Waals surface area contributed by atoms with Gasteiger partial charge in [-0.15, -0.1) is 0 Å². The Labute approximate surface area is 117 Å². The molecule has 0 aliphatic rings. The van der Waals surface area contributed by atoms with E-state index in [1.807, 2.05) is 13.0 Å². The van der Waals surface area contributed by atoms with Gasteiger partial charge >= 0.3 is 0 Å². The van der Waals surface area contributed by atoms with E-state index in [-0.39, 0.29) is 5.91 Å². The predicted molar refractivity (Wildman–Crippen MR) is 77.6 cm³/mol. The Balaban J connectivity index is 2.13. The molecule has 1 aromatic carbocycles. The second-order valence-corrected chi connectivity index (χ2v) is 4.44. The first-order chi connectivity index (χ1) is 9.61. The number of hydrogen-bond donors (Lipinski definition) is 2. The second-order valence-electron chi connectivity index (χ2n) is 4.44. The minimum Gasteiger partial charge on any atom is -0.496 e. The molecule has 20 heavy (non-hydrogen) atoms. The fraction of sp³-hybridized carbons (Fsp3) is 0.200. The Kier molecular flexibility index (Phi) is 4.20. The number of ether oxygens (including phenoxy) is 1. The molecule has 1 amide bonds. The van der Waals surface area contributed by atoms with E-state index in [4.69, 9.17) is 10.5 Å². The van der Waals surface area contributed by atoms with E-state index in [1.54, 1.807) is 30.6 Å². The number of nitrogen functional groups attached to an aromatic ring is 1. The van der Waals surface area contributed by atoms with Crippen molar-refractivity contribution >= 4 is 11.6 Å². The van der Waals surface area contributed by atoms with Crippen LogP contribution in [0.3, 0.4) is 0 Å². The fourth-order valence-electron chi connectivity index (χ4n) is 1.87. The van der Waals surface area contributed by atoms with Gasteiger partial charge in [0.15, 0.2) is 0 Å². The highest BCUT2D eigenvalue weighted by Gasteiger charge is 2.12. The molecule has 0 radical (unpaired) electrons. The summed E-state index contributed by atoms with van der Waals surface area (Å²) in [7, 11) is 1.52. The van der Waals surface area contributed by atoms with Crippen molar-refractivity contribution in [3.8, 4) is 5.75 Å². The van der Waals surface area contributed by atoms with Crippen LogP contribution in [0.4, 0.5) is 5.69 Å². The van der Waals surface area contributed by atoms with Gasteiger partial charge in [-0.1, -0.05) is 0 Å². The summed E-state index contributed by atoms with van der Waals surface area (Å²) in [6.07, 6.45) is 3.47. The molecule has 0 fully saturated rings. The zero-order valence-electron chi connectivity index (χ0n) is 11.5. The molecule has 0 saturated carbocycles. The molecule has 0 atom stereocenters. The third-order valence-electron chi connectivity index (χ3n) is 3.04. The van der Waals surface area contributed by atoms with E-state index >= 15 is 0 Å². The number of carbonyl (C=O) groups is 1. The lowest BCUT2D eigenvalue weighted by Gasteiger charge is -2.11. The number of pyridine rings is 1. The summed E-state index contributed by atoms with van der Waals surface area (Å²) in [5.74, 6) is 0.286. The van der Waals surface area contributed by atoms with Crippen LogP contribution in [-0.2, 0) is 6.54 Å². The smallest absolute Gasteiger partial charge is 0.255 e. The zero-order valence-corrected chi connectivity index (χ0v) is 11.5. The van der Waals surface area contributed by atoms with Crippen LogP contribution >= 0.6 is 0 Å². The quantitative estimate of drug-likeness (QED) is 0.833. The van der Waals surface area contributed by atoms with Gasteiger partial charge in [-0.25, -0.2) is 0 Å². The number of hydrogen-bond acceptors (Lipinski definition) is 4. The molecule has 0 unspecified atom stereocenters. The summed E-state index contributed by atoms with van der Waals surface area (Å²) >= 11 is 0. The first-order valence-electron chi connectivity index (χ1n) is 6.23. The highest BCUT2D eigenvalue weighted by atomic mass is 16.5. The fourth-order valence-corrected chi connectivity index (χ4v) is 1.87. The summed E-state index contributed by atoms with van der Waals surface area (Å²) in [4.78, 5) is 16.2. The van der Waals surface area contributed by atoms with Crippen LogP contribution in [0.15, 0.2) is 36.7 Å². The van der Waals surface area contributed by atoms with Gasteiger partial charge in [0.25, 0.3) is 5.91 Å². The molecule has 2 aromatic rings. The molecule has 104 valence electrons. The largest absolute Gasteiger partial charge is 0.496 e. The van der Waals surface area contributed by atoms with Crippen molar-refractivity contribution < 1.29 is 9.53 Å². The number of carbonyl (C=O) groups excluding carboxylic acids is 1. The molecule has 0 aliphatic heterocycles. The van der Waals surface area contributed by atoms with E-state index in [0.29, 0.717) is 23.5 Å². The number of anilines is 1. The molecule has 0 spiro atoms. The standard InChI is InChI=1S/C15H17N3O2/c1-10-8-17-6-5-11(10)9-18-15(19)13-7-12(16)3-4-14(13)20-2/h3-8H,9,16H2,1-2H3,(H,18,19). The summed E-state index contributed by atoms with van der Waals surface area (Å²) < 4.78 is 5.17. The number of amides is 1. The average molecular weight is 271 g/mol. The third-order valence-corrected chi connectivity index (χ3v) is 3.04. The van der Waals surface area contributed by atoms with Crippen LogP contribution in [0.1, 0.15) is 21.5 Å². The van der Waals surface area contributed by atoms with Gasteiger partial charge in [-0.2, -0.15) is 0 Å². The lowest BCUT2D eigenvalue weighted by atomic mass is 10.1. The van der Waals surface area contributed by atoms with E-state index in [2.05, 4.69) is 10.3 Å². The Hall–Kier alpha value is -2.56. The van der Waals surface area contributed by atoms with Gasteiger partial charge in [0.05, 0.1) is 12.7 Å². The van der Waals surface area contributed by atoms with Crippen molar-refractivity contribution in [1.82, 2.24) is 10.3 Å². The van der Waals surface area contributed by atoms with Gasteiger partial charge in [-0.05, 0) is 42.3 Å². The number of aryl methyl sites for hydroxylation is 1. The normalized spacial score (nSPS) is 10.1. The van der Waals surface area contributed by atoms with Crippen LogP contribution in [0.5, 0.6) is 5.75 Å². The molecular weight excluding hydrogens is 254 g/mol. The van der Waals surface area contributed by atoms with Crippen LogP contribution < -0.4 is 15.8 Å². The highest BCUT2D eigenvalue weighted by molar-refractivity contribution is 5.97. The van der Waals surface area contributed by atoms with Crippen LogP contribution in [-0.4, -0.2) is 18.0 Å². The van der Waals surface area contributed by atoms with Gasteiger partial charge < -0.3 is 15.8 Å². The van der Waals surface area contributed by atoms with E-state index in [0.717, 1.165) is 11.1 Å². The predicted octanol–water partition coefficient (Wildman–Crippen LogP) is 1.91. The molecule has 0 saturated heterocycles. The van der Waals surface area contributed by atoms with Crippen molar-refractivity contribution in [1.29, 1.82) is 0 Å². The number of rotatable bonds is 4. The van der Waals surface area contributed by atoms with Gasteiger partial charge in [0.2, 0.25) is 0 Å². The molecular formula is C15H17N3O2. The van der Waals surface area contributed by atoms with Crippen LogP contribution in [0.2, 0.25) is 0 Å². The topological polar surface area (TPSA) is 77.2 Å². The number of nitrogens with zero attached hydrogens (tertiary/aromatic N) is 1. The monoisotopic (exact) mass is 271 g/mol. The van der Waals surface area contributed by atoms with Crippen LogP contribution in [0.25, 0.3) is 0 Å². The van der Waals surface area contributed by atoms with Crippen molar-refractivity contribution in [2.45, 2.75) is 13.5 Å². The SMILES string of the molecule is COc1ccc(N)cc1C(=O)NCc1ccncc1C. The number of benzene rings is 1. The van der Waals surface area contributed by atoms with Crippen molar-refractivity contribution in [2.24, 2.45) is 0 Å². The first kappa shape index (κ1) is 13.9. The van der Waals surface area contributed by atoms with Crippen molar-refractivity contribution in [3.63, 3.8) is 0 Å². The van der Waals surface area contributed by atoms with Gasteiger partial charge in [-0.3, -0.25) is 9.78 Å². The summed E-state index contributed by atoms with van der Waals surface area (Å²) in [5, 5.41) is 2.86. The molecule has 1 heterocycles. The molecule has 0 bridgehead atoms. The Bertz CT molecular complexity index is 626. The minimum absolute atomic E-state index is 0.217. The van der Waals surface area contributed by atoms with Gasteiger partial charge in [0, 0.05) is 24.6 Å². The lowest BCUT2D eigenvalue weighted by Crippen LogP contribution is -2.24. The Morgan fingerprint density at radius 1 is 1.40 bits per heavy atom. The first-order valence-corrected chi connectivity index (χ1v) is 6.23. The van der Waals surface area contributed by atoms with E-state index in [9.17, 15) is 4.79 Å². The molecule has 0 aliphatic carbocycles. The number of nitrogens with one attached hydrogen (secondary N) is 1. The maximum Gasteiger partial charge on any atom is 0.255 e. The number of nitrogens with two attached hydrogens (primary N) is 1. The molecule has 3 N–H and O–H groups in total. The third kappa shape index (κ3) is 3.06. The van der Waals surface area contributed by atoms with Gasteiger partial charge in [0.1, 0.15) is 5.75 Å². The molecule has 1 aromatic heterocycles. The summed E-state index contributed by atoms with van der Waals surface area (Å²) in [6.45, 7) is 2.39. The summed E-state index contributed by atoms with van der Waals surface area (Å²) in [5.41, 5.74) is 8.72. The van der Waals surface area contributed by atoms with Crippen LogP contribution in [0, 0.1) is 6.92 Å². The Morgan fingerprint density at radius 3 is 2.90 bits per heavy atom. The lowest BCUT2D eigenvalue weighted by molar-refractivity contribution is 0.0948. The van der Waals surface area contributed by atoms with Crippen molar-refractivity contribution in [2.75, 3.05) is 12.8 Å². The Morgan fingerprint density at radius 2 is 2.20 bits per heavy atom. The average Bonchev–Trinajstić information content (AvgIpc) is 2.46. The number of aromatic nitrogens is 1. The van der Waals surface area contributed by atoms with E-state index in [1.165, 1.54) is 7.11 Å². The maximum absolute atomic E-state index is 12.2. The summed E-state index contributed by atoms with van der Waals surface area (Å²) in [6, 6.07) is 6.87. The zero-order chi connectivity index (χ0) is 14.5. The molecule has 5 nitrogen and oxygen atoms in total. The molecule has 2 rings (SSSR count). The second kappa shape index (κ2) is 6.06. The minimum atomic E-state index is -0.217.